The number of nitrogens with zero attached hydrogens (tertiary/aromatic N) is 1. The van der Waals surface area contributed by atoms with Crippen LogP contribution in [-0.4, -0.2) is 45.3 Å². The Labute approximate surface area is 183 Å². The maximum Gasteiger partial charge on any atom is 0.416 e. The van der Waals surface area contributed by atoms with E-state index in [1.54, 1.807) is 12.1 Å². The number of methoxy groups -OCH3 is 1. The Bertz CT molecular complexity index is 1000. The van der Waals surface area contributed by atoms with Gasteiger partial charge in [-0.1, -0.05) is 12.1 Å². The lowest BCUT2D eigenvalue weighted by atomic mass is 10.1. The van der Waals surface area contributed by atoms with Gasteiger partial charge in [0.2, 0.25) is 5.91 Å². The molecule has 9 heteroatoms. The van der Waals surface area contributed by atoms with Gasteiger partial charge in [-0.3, -0.25) is 4.79 Å². The summed E-state index contributed by atoms with van der Waals surface area (Å²) in [4.78, 5) is 27.2. The van der Waals surface area contributed by atoms with Crippen LogP contribution in [0.3, 0.4) is 0 Å². The number of nitrogens with one attached hydrogen (secondary N) is 1. The fourth-order valence-electron chi connectivity index (χ4n) is 3.94. The Kier molecular flexibility index (Phi) is 6.10. The first-order chi connectivity index (χ1) is 15.3. The van der Waals surface area contributed by atoms with E-state index in [-0.39, 0.29) is 23.3 Å². The summed E-state index contributed by atoms with van der Waals surface area (Å²) in [5.74, 6) is -1.35. The Hall–Kier alpha value is -3.07. The molecule has 2 aliphatic rings. The van der Waals surface area contributed by atoms with E-state index in [2.05, 4.69) is 10.2 Å². The van der Waals surface area contributed by atoms with Gasteiger partial charge in [0.05, 0.1) is 37.1 Å². The number of esters is 1. The van der Waals surface area contributed by atoms with Gasteiger partial charge in [-0.05, 0) is 48.2 Å². The highest BCUT2D eigenvalue weighted by molar-refractivity contribution is 6.03. The van der Waals surface area contributed by atoms with Crippen molar-refractivity contribution in [3.63, 3.8) is 0 Å². The number of amides is 1. The van der Waals surface area contributed by atoms with Crippen molar-refractivity contribution in [1.29, 1.82) is 0 Å². The van der Waals surface area contributed by atoms with Gasteiger partial charge in [0.15, 0.2) is 0 Å². The van der Waals surface area contributed by atoms with Gasteiger partial charge in [0.25, 0.3) is 0 Å². The van der Waals surface area contributed by atoms with Gasteiger partial charge >= 0.3 is 12.1 Å². The minimum atomic E-state index is -4.39. The summed E-state index contributed by atoms with van der Waals surface area (Å²) < 4.78 is 48.5. The van der Waals surface area contributed by atoms with Crippen LogP contribution < -0.4 is 10.2 Å². The molecule has 170 valence electrons. The van der Waals surface area contributed by atoms with Crippen molar-refractivity contribution in [2.75, 3.05) is 43.6 Å². The van der Waals surface area contributed by atoms with E-state index >= 15 is 0 Å². The molecule has 1 heterocycles. The third kappa shape index (κ3) is 4.72. The fraction of sp³-hybridized carbons (Fsp3) is 0.391. The molecule has 1 saturated carbocycles. The molecular weight excluding hydrogens is 425 g/mol. The number of hydrogen-bond acceptors (Lipinski definition) is 5. The average molecular weight is 448 g/mol. The van der Waals surface area contributed by atoms with E-state index in [4.69, 9.17) is 9.47 Å². The van der Waals surface area contributed by atoms with Crippen molar-refractivity contribution < 1.29 is 32.2 Å². The number of ether oxygens (including phenoxy) is 2. The van der Waals surface area contributed by atoms with E-state index in [0.717, 1.165) is 17.8 Å². The number of alkyl halides is 3. The predicted octanol–water partition coefficient (Wildman–Crippen LogP) is 4.07. The van der Waals surface area contributed by atoms with E-state index in [9.17, 15) is 22.8 Å². The zero-order valence-electron chi connectivity index (χ0n) is 17.4. The van der Waals surface area contributed by atoms with Gasteiger partial charge in [0, 0.05) is 24.7 Å². The molecule has 2 unspecified atom stereocenters. The summed E-state index contributed by atoms with van der Waals surface area (Å²) in [6.45, 7) is 2.59. The molecule has 32 heavy (non-hydrogen) atoms. The molecule has 0 spiro atoms. The highest BCUT2D eigenvalue weighted by atomic mass is 19.4. The first kappa shape index (κ1) is 22.1. The van der Waals surface area contributed by atoms with Crippen LogP contribution in [0.15, 0.2) is 42.5 Å². The molecule has 1 N–H and O–H groups in total. The lowest BCUT2D eigenvalue weighted by Gasteiger charge is -2.29. The lowest BCUT2D eigenvalue weighted by Crippen LogP contribution is -2.36. The van der Waals surface area contributed by atoms with Crippen molar-refractivity contribution in [2.24, 2.45) is 5.92 Å². The van der Waals surface area contributed by atoms with Crippen LogP contribution in [0.4, 0.5) is 24.5 Å². The molecule has 1 saturated heterocycles. The van der Waals surface area contributed by atoms with Crippen LogP contribution in [0, 0.1) is 5.92 Å². The lowest BCUT2D eigenvalue weighted by molar-refractivity contribution is -0.137. The van der Waals surface area contributed by atoms with E-state index < -0.39 is 17.7 Å². The Morgan fingerprint density at radius 1 is 1.09 bits per heavy atom. The van der Waals surface area contributed by atoms with Crippen molar-refractivity contribution in [3.05, 3.63) is 59.2 Å². The smallest absolute Gasteiger partial charge is 0.416 e. The van der Waals surface area contributed by atoms with Gasteiger partial charge in [0.1, 0.15) is 0 Å². The molecule has 4 rings (SSSR count). The molecular formula is C23H23F3N2O4. The van der Waals surface area contributed by atoms with Crippen LogP contribution in [0.2, 0.25) is 0 Å². The topological polar surface area (TPSA) is 67.9 Å². The third-order valence-corrected chi connectivity index (χ3v) is 5.84. The monoisotopic (exact) mass is 448 g/mol. The van der Waals surface area contributed by atoms with Crippen LogP contribution in [0.1, 0.15) is 33.8 Å². The Morgan fingerprint density at radius 3 is 2.41 bits per heavy atom. The molecule has 1 aliphatic heterocycles. The number of morpholine rings is 1. The van der Waals surface area contributed by atoms with Gasteiger partial charge < -0.3 is 19.7 Å². The quantitative estimate of drug-likeness (QED) is 0.699. The molecule has 2 aromatic carbocycles. The normalized spacial score (nSPS) is 20.6. The van der Waals surface area contributed by atoms with E-state index in [0.29, 0.717) is 44.0 Å². The summed E-state index contributed by atoms with van der Waals surface area (Å²) in [6.07, 6.45) is -3.85. The van der Waals surface area contributed by atoms with Crippen molar-refractivity contribution >= 4 is 23.3 Å². The highest BCUT2D eigenvalue weighted by Gasteiger charge is 2.44. The van der Waals surface area contributed by atoms with Crippen molar-refractivity contribution in [3.8, 4) is 0 Å². The molecule has 1 aliphatic carbocycles. The average Bonchev–Trinajstić information content (AvgIpc) is 3.60. The number of anilines is 2. The minimum absolute atomic E-state index is 0.147. The van der Waals surface area contributed by atoms with Crippen molar-refractivity contribution in [2.45, 2.75) is 18.5 Å². The second-order valence-electron chi connectivity index (χ2n) is 7.88. The Morgan fingerprint density at radius 2 is 1.78 bits per heavy atom. The summed E-state index contributed by atoms with van der Waals surface area (Å²) >= 11 is 0. The van der Waals surface area contributed by atoms with Gasteiger partial charge in [-0.2, -0.15) is 13.2 Å². The van der Waals surface area contributed by atoms with Gasteiger partial charge in [-0.25, -0.2) is 4.79 Å². The SMILES string of the molecule is COC(=O)c1cc(N2CCOCC2)ccc1NC(=O)C1CC1c1ccc(C(F)(F)F)cc1. The van der Waals surface area contributed by atoms with Gasteiger partial charge in [-0.15, -0.1) is 0 Å². The molecule has 2 fully saturated rings. The molecule has 0 bridgehead atoms. The molecule has 0 radical (unpaired) electrons. The third-order valence-electron chi connectivity index (χ3n) is 5.84. The summed E-state index contributed by atoms with van der Waals surface area (Å²) in [5.41, 5.74) is 1.40. The molecule has 0 aromatic heterocycles. The second kappa shape index (κ2) is 8.82. The molecule has 2 atom stereocenters. The van der Waals surface area contributed by atoms with Crippen molar-refractivity contribution in [1.82, 2.24) is 0 Å². The predicted molar refractivity (Wildman–Crippen MR) is 112 cm³/mol. The number of benzene rings is 2. The van der Waals surface area contributed by atoms with E-state index in [1.807, 2.05) is 6.07 Å². The number of carbonyl (C=O) groups excluding carboxylic acids is 2. The highest BCUT2D eigenvalue weighted by Crippen LogP contribution is 2.48. The van der Waals surface area contributed by atoms with Crippen LogP contribution >= 0.6 is 0 Å². The Balaban J connectivity index is 1.46. The standard InChI is InChI=1S/C23H23F3N2O4/c1-31-22(30)19-12-16(28-8-10-32-11-9-28)6-7-20(19)27-21(29)18-13-17(18)14-2-4-15(5-3-14)23(24,25)26/h2-7,12,17-18H,8-11,13H2,1H3,(H,27,29). The van der Waals surface area contributed by atoms with Crippen LogP contribution in [0.25, 0.3) is 0 Å². The zero-order chi connectivity index (χ0) is 22.9. The molecule has 2 aromatic rings. The van der Waals surface area contributed by atoms with E-state index in [1.165, 1.54) is 19.2 Å². The summed E-state index contributed by atoms with van der Waals surface area (Å²) in [5, 5.41) is 2.79. The maximum absolute atomic E-state index is 12.8. The first-order valence-corrected chi connectivity index (χ1v) is 10.3. The van der Waals surface area contributed by atoms with Crippen LogP contribution in [0.5, 0.6) is 0 Å². The summed E-state index contributed by atoms with van der Waals surface area (Å²) in [6, 6.07) is 10.1. The number of hydrogen-bond donors (Lipinski definition) is 1. The zero-order valence-corrected chi connectivity index (χ0v) is 17.4. The largest absolute Gasteiger partial charge is 0.465 e. The maximum atomic E-state index is 12.8. The number of halogens is 3. The summed E-state index contributed by atoms with van der Waals surface area (Å²) in [7, 11) is 1.27. The van der Waals surface area contributed by atoms with Crippen LogP contribution in [-0.2, 0) is 20.4 Å². The first-order valence-electron chi connectivity index (χ1n) is 10.3. The number of carbonyl (C=O) groups is 2. The minimum Gasteiger partial charge on any atom is -0.465 e. The second-order valence-corrected chi connectivity index (χ2v) is 7.88. The number of rotatable bonds is 5. The molecule has 6 nitrogen and oxygen atoms in total. The fourth-order valence-corrected chi connectivity index (χ4v) is 3.94. The molecule has 1 amide bonds.